The lowest BCUT2D eigenvalue weighted by molar-refractivity contribution is -0.150. The van der Waals surface area contributed by atoms with Crippen molar-refractivity contribution in [1.82, 2.24) is 4.90 Å². The summed E-state index contributed by atoms with van der Waals surface area (Å²) in [6, 6.07) is 7.70. The van der Waals surface area contributed by atoms with Gasteiger partial charge in [-0.3, -0.25) is 9.59 Å². The van der Waals surface area contributed by atoms with Crippen molar-refractivity contribution in [3.8, 4) is 0 Å². The summed E-state index contributed by atoms with van der Waals surface area (Å²) in [7, 11) is 0. The number of hydrogen-bond acceptors (Lipinski definition) is 5. The van der Waals surface area contributed by atoms with Gasteiger partial charge in [0.15, 0.2) is 0 Å². The molecule has 0 unspecified atom stereocenters. The third-order valence-corrected chi connectivity index (χ3v) is 4.66. The van der Waals surface area contributed by atoms with Crippen molar-refractivity contribution < 1.29 is 19.1 Å². The Bertz CT molecular complexity index is 585. The molecule has 1 saturated heterocycles. The second kappa shape index (κ2) is 6.93. The molecule has 1 fully saturated rings. The second-order valence-electron chi connectivity index (χ2n) is 6.02. The molecule has 2 atom stereocenters. The van der Waals surface area contributed by atoms with Crippen molar-refractivity contribution in [2.45, 2.75) is 50.5 Å². The van der Waals surface area contributed by atoms with E-state index in [9.17, 15) is 9.59 Å². The van der Waals surface area contributed by atoms with Crippen LogP contribution in [-0.4, -0.2) is 41.4 Å². The molecule has 0 saturated carbocycles. The summed E-state index contributed by atoms with van der Waals surface area (Å²) in [4.78, 5) is 26.1. The largest absolute Gasteiger partial charge is 0.464 e. The van der Waals surface area contributed by atoms with Crippen molar-refractivity contribution in [2.24, 2.45) is 0 Å². The first-order valence-electron chi connectivity index (χ1n) is 7.51. The molecule has 1 amide bonds. The maximum absolute atomic E-state index is 12.1. The number of amides is 1. The van der Waals surface area contributed by atoms with Crippen LogP contribution >= 0.6 is 11.8 Å². The maximum atomic E-state index is 12.1. The Kier molecular flexibility index (Phi) is 5.37. The van der Waals surface area contributed by atoms with Gasteiger partial charge in [-0.15, -0.1) is 11.8 Å². The molecule has 1 aromatic rings. The zero-order valence-corrected chi connectivity index (χ0v) is 15.0. The van der Waals surface area contributed by atoms with E-state index in [-0.39, 0.29) is 30.6 Å². The van der Waals surface area contributed by atoms with Gasteiger partial charge in [-0.05, 0) is 37.8 Å². The highest BCUT2D eigenvalue weighted by Crippen LogP contribution is 2.41. The van der Waals surface area contributed by atoms with Crippen molar-refractivity contribution in [3.63, 3.8) is 0 Å². The zero-order chi connectivity index (χ0) is 17.2. The van der Waals surface area contributed by atoms with E-state index >= 15 is 0 Å². The average Bonchev–Trinajstić information content (AvgIpc) is 2.76. The predicted molar refractivity (Wildman–Crippen MR) is 89.1 cm³/mol. The highest BCUT2D eigenvalue weighted by molar-refractivity contribution is 7.98. The monoisotopic (exact) mass is 337 g/mol. The smallest absolute Gasteiger partial charge is 0.302 e. The Labute approximate surface area is 141 Å². The van der Waals surface area contributed by atoms with Gasteiger partial charge in [-0.25, -0.2) is 0 Å². The fourth-order valence-electron chi connectivity index (χ4n) is 3.04. The lowest BCUT2D eigenvalue weighted by Gasteiger charge is -2.32. The number of nitrogens with zero attached hydrogens (tertiary/aromatic N) is 1. The normalized spacial score (nSPS) is 22.9. The molecule has 0 N–H and O–H groups in total. The van der Waals surface area contributed by atoms with Gasteiger partial charge in [0.1, 0.15) is 18.4 Å². The highest BCUT2D eigenvalue weighted by atomic mass is 32.2. The van der Waals surface area contributed by atoms with Crippen LogP contribution in [0.2, 0.25) is 0 Å². The number of thioether (sulfide) groups is 1. The van der Waals surface area contributed by atoms with Gasteiger partial charge >= 0.3 is 5.97 Å². The highest BCUT2D eigenvalue weighted by Gasteiger charge is 2.49. The van der Waals surface area contributed by atoms with E-state index in [2.05, 4.69) is 0 Å². The molecule has 126 valence electrons. The number of esters is 1. The van der Waals surface area contributed by atoms with Crippen molar-refractivity contribution in [3.05, 3.63) is 29.8 Å². The van der Waals surface area contributed by atoms with E-state index in [0.717, 1.165) is 10.5 Å². The standard InChI is InChI=1S/C17H23NO4S/c1-11(19)18-15(10-21-12(2)20)16(22-17(18,3)4)13-6-8-14(23-5)9-7-13/h6-9,15-16H,10H2,1-5H3/t15-,16+/m1/s1. The predicted octanol–water partition coefficient (Wildman–Crippen LogP) is 3.00. The quantitative estimate of drug-likeness (QED) is 0.624. The van der Waals surface area contributed by atoms with Crippen LogP contribution in [0.4, 0.5) is 0 Å². The topological polar surface area (TPSA) is 55.8 Å². The Morgan fingerprint density at radius 3 is 2.35 bits per heavy atom. The van der Waals surface area contributed by atoms with Crippen molar-refractivity contribution >= 4 is 23.6 Å². The molecule has 1 heterocycles. The van der Waals surface area contributed by atoms with Crippen LogP contribution in [0.25, 0.3) is 0 Å². The minimum Gasteiger partial charge on any atom is -0.464 e. The molecule has 1 aliphatic rings. The molecule has 0 aliphatic carbocycles. The molecule has 0 spiro atoms. The minimum absolute atomic E-state index is 0.101. The molecule has 0 bridgehead atoms. The molecule has 6 heteroatoms. The first kappa shape index (κ1) is 17.8. The summed E-state index contributed by atoms with van der Waals surface area (Å²) in [6.07, 6.45) is 1.69. The van der Waals surface area contributed by atoms with E-state index in [4.69, 9.17) is 9.47 Å². The summed E-state index contributed by atoms with van der Waals surface area (Å²) in [5.74, 6) is -0.468. The van der Waals surface area contributed by atoms with Crippen LogP contribution < -0.4 is 0 Å². The van der Waals surface area contributed by atoms with E-state index in [1.807, 2.05) is 44.4 Å². The fraction of sp³-hybridized carbons (Fsp3) is 0.529. The van der Waals surface area contributed by atoms with Crippen molar-refractivity contribution in [2.75, 3.05) is 12.9 Å². The third-order valence-electron chi connectivity index (χ3n) is 3.92. The van der Waals surface area contributed by atoms with Gasteiger partial charge < -0.3 is 14.4 Å². The summed E-state index contributed by atoms with van der Waals surface area (Å²) in [6.45, 7) is 6.69. The number of ether oxygens (including phenoxy) is 2. The molecule has 1 aromatic carbocycles. The average molecular weight is 337 g/mol. The van der Waals surface area contributed by atoms with Gasteiger partial charge in [0.2, 0.25) is 5.91 Å². The summed E-state index contributed by atoms with van der Waals surface area (Å²) >= 11 is 1.67. The van der Waals surface area contributed by atoms with Gasteiger partial charge in [0, 0.05) is 18.7 Å². The number of benzene rings is 1. The lowest BCUT2D eigenvalue weighted by Crippen LogP contribution is -2.48. The van der Waals surface area contributed by atoms with Crippen LogP contribution in [0.5, 0.6) is 0 Å². The molecule has 5 nitrogen and oxygen atoms in total. The first-order chi connectivity index (χ1) is 10.8. The fourth-order valence-corrected chi connectivity index (χ4v) is 3.45. The second-order valence-corrected chi connectivity index (χ2v) is 6.90. The van der Waals surface area contributed by atoms with Gasteiger partial charge in [0.05, 0.1) is 6.04 Å². The van der Waals surface area contributed by atoms with Crippen LogP contribution in [0.1, 0.15) is 39.4 Å². The number of hydrogen-bond donors (Lipinski definition) is 0. The van der Waals surface area contributed by atoms with Crippen LogP contribution in [0.3, 0.4) is 0 Å². The van der Waals surface area contributed by atoms with E-state index < -0.39 is 5.72 Å². The minimum atomic E-state index is -0.751. The Morgan fingerprint density at radius 2 is 1.87 bits per heavy atom. The number of carbonyl (C=O) groups excluding carboxylic acids is 2. The van der Waals surface area contributed by atoms with E-state index in [0.29, 0.717) is 0 Å². The first-order valence-corrected chi connectivity index (χ1v) is 8.74. The van der Waals surface area contributed by atoms with E-state index in [1.165, 1.54) is 13.8 Å². The van der Waals surface area contributed by atoms with Crippen LogP contribution in [-0.2, 0) is 19.1 Å². The van der Waals surface area contributed by atoms with Gasteiger partial charge in [-0.2, -0.15) is 0 Å². The third kappa shape index (κ3) is 3.87. The summed E-state index contributed by atoms with van der Waals surface area (Å²) < 4.78 is 11.3. The SMILES string of the molecule is CSc1ccc([C@@H]2OC(C)(C)N(C(C)=O)[C@@H]2COC(C)=O)cc1. The van der Waals surface area contributed by atoms with Crippen LogP contribution in [0.15, 0.2) is 29.2 Å². The number of carbonyl (C=O) groups is 2. The van der Waals surface area contributed by atoms with Gasteiger partial charge in [0.25, 0.3) is 0 Å². The molecule has 2 rings (SSSR count). The van der Waals surface area contributed by atoms with Crippen LogP contribution in [0, 0.1) is 0 Å². The summed E-state index contributed by atoms with van der Waals surface area (Å²) in [5, 5.41) is 0. The molecule has 0 aromatic heterocycles. The maximum Gasteiger partial charge on any atom is 0.302 e. The van der Waals surface area contributed by atoms with E-state index in [1.54, 1.807) is 16.7 Å². The molecular formula is C17H23NO4S. The zero-order valence-electron chi connectivity index (χ0n) is 14.2. The molecule has 0 radical (unpaired) electrons. The summed E-state index contributed by atoms with van der Waals surface area (Å²) in [5.41, 5.74) is 0.219. The van der Waals surface area contributed by atoms with Crippen molar-refractivity contribution in [1.29, 1.82) is 0 Å². The van der Waals surface area contributed by atoms with Gasteiger partial charge in [-0.1, -0.05) is 12.1 Å². The molecular weight excluding hydrogens is 314 g/mol. The molecule has 23 heavy (non-hydrogen) atoms. The molecule has 1 aliphatic heterocycles. The Balaban J connectivity index is 2.33. The number of rotatable bonds is 4. The lowest BCUT2D eigenvalue weighted by atomic mass is 10.0. The Morgan fingerprint density at radius 1 is 1.26 bits per heavy atom. The Hall–Kier alpha value is -1.53.